The van der Waals surface area contributed by atoms with Crippen LogP contribution in [0.4, 0.5) is 0 Å². The molecule has 2 heterocycles. The Hall–Kier alpha value is -2.66. The van der Waals surface area contributed by atoms with E-state index in [-0.39, 0.29) is 17.7 Å². The Labute approximate surface area is 174 Å². The molecule has 2 amide bonds. The van der Waals surface area contributed by atoms with Crippen LogP contribution in [0.25, 0.3) is 10.8 Å². The molecule has 29 heavy (non-hydrogen) atoms. The molecule has 0 N–H and O–H groups in total. The third kappa shape index (κ3) is 3.67. The van der Waals surface area contributed by atoms with Gasteiger partial charge in [0.2, 0.25) is 11.8 Å². The first-order valence-corrected chi connectivity index (χ1v) is 11.2. The molecule has 0 radical (unpaired) electrons. The molecular formula is C24H24N2O2S. The number of hydrogen-bond donors (Lipinski definition) is 0. The van der Waals surface area contributed by atoms with E-state index in [2.05, 4.69) is 35.7 Å². The van der Waals surface area contributed by atoms with Gasteiger partial charge in [-0.25, -0.2) is 0 Å². The Bertz CT molecular complexity index is 1030. The van der Waals surface area contributed by atoms with Gasteiger partial charge in [0.25, 0.3) is 0 Å². The Morgan fingerprint density at radius 3 is 2.45 bits per heavy atom. The van der Waals surface area contributed by atoms with Crippen LogP contribution in [0.15, 0.2) is 60.0 Å². The number of benzene rings is 2. The molecule has 4 nitrogen and oxygen atoms in total. The molecule has 0 bridgehead atoms. The largest absolute Gasteiger partial charge is 0.339 e. The molecule has 0 spiro atoms. The summed E-state index contributed by atoms with van der Waals surface area (Å²) in [6.07, 6.45) is 1.39. The molecule has 1 aliphatic heterocycles. The summed E-state index contributed by atoms with van der Waals surface area (Å²) >= 11 is 1.74. The maximum absolute atomic E-state index is 12.9. The average Bonchev–Trinajstić information content (AvgIpc) is 3.37. The van der Waals surface area contributed by atoms with Crippen LogP contribution in [-0.2, 0) is 16.0 Å². The molecule has 5 heteroatoms. The fraction of sp³-hybridized carbons (Fsp3) is 0.333. The van der Waals surface area contributed by atoms with Gasteiger partial charge in [-0.2, -0.15) is 0 Å². The molecule has 5 rings (SSSR count). The molecule has 2 atom stereocenters. The molecule has 2 aromatic carbocycles. The Balaban J connectivity index is 1.17. The second-order valence-electron chi connectivity index (χ2n) is 7.99. The summed E-state index contributed by atoms with van der Waals surface area (Å²) in [4.78, 5) is 30.9. The number of carbonyl (C=O) groups excluding carboxylic acids is 2. The highest BCUT2D eigenvalue weighted by atomic mass is 32.1. The lowest BCUT2D eigenvalue weighted by molar-refractivity contribution is -0.140. The molecule has 2 unspecified atom stereocenters. The van der Waals surface area contributed by atoms with E-state index in [1.165, 1.54) is 4.88 Å². The fourth-order valence-corrected chi connectivity index (χ4v) is 5.32. The molecule has 2 fully saturated rings. The van der Waals surface area contributed by atoms with Crippen molar-refractivity contribution in [1.82, 2.24) is 9.80 Å². The zero-order valence-corrected chi connectivity index (χ0v) is 17.1. The summed E-state index contributed by atoms with van der Waals surface area (Å²) in [5.74, 6) is 0.973. The van der Waals surface area contributed by atoms with Gasteiger partial charge in [0.15, 0.2) is 0 Å². The van der Waals surface area contributed by atoms with E-state index in [0.29, 0.717) is 38.5 Å². The SMILES string of the molecule is O=C(Cc1cccc2ccccc12)N1CCN(C(=O)C2CC2c2cccs2)CC1. The Morgan fingerprint density at radius 2 is 1.66 bits per heavy atom. The third-order valence-electron chi connectivity index (χ3n) is 6.18. The van der Waals surface area contributed by atoms with Crippen molar-refractivity contribution in [3.8, 4) is 0 Å². The normalized spacial score (nSPS) is 21.4. The van der Waals surface area contributed by atoms with Gasteiger partial charge in [0, 0.05) is 42.9 Å². The number of carbonyl (C=O) groups is 2. The van der Waals surface area contributed by atoms with Crippen molar-refractivity contribution in [2.24, 2.45) is 5.92 Å². The van der Waals surface area contributed by atoms with Gasteiger partial charge in [-0.15, -0.1) is 11.3 Å². The zero-order chi connectivity index (χ0) is 19.8. The third-order valence-corrected chi connectivity index (χ3v) is 7.19. The summed E-state index contributed by atoms with van der Waals surface area (Å²) in [6, 6.07) is 18.5. The minimum absolute atomic E-state index is 0.145. The first-order valence-electron chi connectivity index (χ1n) is 10.3. The van der Waals surface area contributed by atoms with Gasteiger partial charge in [0.05, 0.1) is 6.42 Å². The minimum Gasteiger partial charge on any atom is -0.339 e. The maximum Gasteiger partial charge on any atom is 0.227 e. The van der Waals surface area contributed by atoms with E-state index in [1.54, 1.807) is 11.3 Å². The molecule has 1 saturated heterocycles. The number of hydrogen-bond acceptors (Lipinski definition) is 3. The van der Waals surface area contributed by atoms with Crippen molar-refractivity contribution in [2.75, 3.05) is 26.2 Å². The summed E-state index contributed by atoms with van der Waals surface area (Å²) in [5, 5.41) is 4.39. The van der Waals surface area contributed by atoms with Crippen molar-refractivity contribution < 1.29 is 9.59 Å². The van der Waals surface area contributed by atoms with Gasteiger partial charge in [-0.1, -0.05) is 48.5 Å². The first kappa shape index (κ1) is 18.4. The van der Waals surface area contributed by atoms with Crippen LogP contribution in [0.3, 0.4) is 0 Å². The molecule has 1 aromatic heterocycles. The summed E-state index contributed by atoms with van der Waals surface area (Å²) < 4.78 is 0. The summed E-state index contributed by atoms with van der Waals surface area (Å²) in [5.41, 5.74) is 1.07. The molecule has 3 aromatic rings. The quantitative estimate of drug-likeness (QED) is 0.661. The molecular weight excluding hydrogens is 380 g/mol. The highest BCUT2D eigenvalue weighted by molar-refractivity contribution is 7.10. The maximum atomic E-state index is 12.9. The predicted molar refractivity (Wildman–Crippen MR) is 116 cm³/mol. The highest BCUT2D eigenvalue weighted by Crippen LogP contribution is 2.50. The highest BCUT2D eigenvalue weighted by Gasteiger charge is 2.46. The second-order valence-corrected chi connectivity index (χ2v) is 8.96. The lowest BCUT2D eigenvalue weighted by Gasteiger charge is -2.35. The van der Waals surface area contributed by atoms with E-state index in [1.807, 2.05) is 34.1 Å². The van der Waals surface area contributed by atoms with E-state index in [0.717, 1.165) is 22.8 Å². The van der Waals surface area contributed by atoms with E-state index < -0.39 is 0 Å². The van der Waals surface area contributed by atoms with Crippen molar-refractivity contribution in [2.45, 2.75) is 18.8 Å². The Morgan fingerprint density at radius 1 is 0.897 bits per heavy atom. The van der Waals surface area contributed by atoms with Crippen molar-refractivity contribution in [1.29, 1.82) is 0 Å². The first-order chi connectivity index (χ1) is 14.2. The number of amides is 2. The minimum atomic E-state index is 0.145. The Kier molecular flexibility index (Phi) is 4.84. The lowest BCUT2D eigenvalue weighted by Crippen LogP contribution is -2.51. The smallest absolute Gasteiger partial charge is 0.227 e. The average molecular weight is 405 g/mol. The standard InChI is InChI=1S/C24H24N2O2S/c27-23(15-18-7-3-6-17-5-1-2-8-19(17)18)25-10-12-26(13-11-25)24(28)21-16-20(21)22-9-4-14-29-22/h1-9,14,20-21H,10-13,15-16H2. The molecule has 1 aliphatic carbocycles. The topological polar surface area (TPSA) is 40.6 Å². The van der Waals surface area contributed by atoms with Gasteiger partial charge in [-0.05, 0) is 34.2 Å². The lowest BCUT2D eigenvalue weighted by atomic mass is 10.0. The fourth-order valence-electron chi connectivity index (χ4n) is 4.42. The van der Waals surface area contributed by atoms with Gasteiger partial charge < -0.3 is 9.80 Å². The van der Waals surface area contributed by atoms with Gasteiger partial charge >= 0.3 is 0 Å². The second kappa shape index (κ2) is 7.64. The van der Waals surface area contributed by atoms with Crippen LogP contribution in [-0.4, -0.2) is 47.8 Å². The van der Waals surface area contributed by atoms with Crippen LogP contribution >= 0.6 is 11.3 Å². The van der Waals surface area contributed by atoms with Gasteiger partial charge in [-0.3, -0.25) is 9.59 Å². The van der Waals surface area contributed by atoms with Crippen molar-refractivity contribution in [3.05, 3.63) is 70.4 Å². The molecule has 1 saturated carbocycles. The molecule has 148 valence electrons. The van der Waals surface area contributed by atoms with E-state index in [4.69, 9.17) is 0 Å². The number of piperazine rings is 1. The van der Waals surface area contributed by atoms with Crippen LogP contribution in [0, 0.1) is 5.92 Å². The van der Waals surface area contributed by atoms with Crippen molar-refractivity contribution >= 4 is 33.9 Å². The number of rotatable bonds is 4. The van der Waals surface area contributed by atoms with Crippen LogP contribution in [0.5, 0.6) is 0 Å². The van der Waals surface area contributed by atoms with E-state index >= 15 is 0 Å². The summed E-state index contributed by atoms with van der Waals surface area (Å²) in [7, 11) is 0. The van der Waals surface area contributed by atoms with Crippen LogP contribution < -0.4 is 0 Å². The van der Waals surface area contributed by atoms with Crippen molar-refractivity contribution in [3.63, 3.8) is 0 Å². The molecule has 2 aliphatic rings. The van der Waals surface area contributed by atoms with E-state index in [9.17, 15) is 9.59 Å². The van der Waals surface area contributed by atoms with Crippen LogP contribution in [0.1, 0.15) is 22.8 Å². The number of fused-ring (bicyclic) bond motifs is 1. The predicted octanol–water partition coefficient (Wildman–Crippen LogP) is 3.92. The zero-order valence-electron chi connectivity index (χ0n) is 16.3. The summed E-state index contributed by atoms with van der Waals surface area (Å²) in [6.45, 7) is 2.55. The number of thiophene rings is 1. The monoisotopic (exact) mass is 404 g/mol. The van der Waals surface area contributed by atoms with Crippen LogP contribution in [0.2, 0.25) is 0 Å². The number of nitrogens with zero attached hydrogens (tertiary/aromatic N) is 2. The van der Waals surface area contributed by atoms with Gasteiger partial charge in [0.1, 0.15) is 0 Å².